The monoisotopic (exact) mass is 395 g/mol. The van der Waals surface area contributed by atoms with Gasteiger partial charge in [0.05, 0.1) is 10.4 Å². The summed E-state index contributed by atoms with van der Waals surface area (Å²) in [5.41, 5.74) is 0.631. The van der Waals surface area contributed by atoms with Crippen LogP contribution in [0.3, 0.4) is 0 Å². The van der Waals surface area contributed by atoms with Gasteiger partial charge in [-0.15, -0.1) is 11.3 Å². The van der Waals surface area contributed by atoms with Crippen molar-refractivity contribution in [3.8, 4) is 0 Å². The highest BCUT2D eigenvalue weighted by atomic mass is 79.9. The Balaban J connectivity index is 2.05. The van der Waals surface area contributed by atoms with Gasteiger partial charge >= 0.3 is 0 Å². The molecular formula is C12H11BrClNO3S2. The summed E-state index contributed by atoms with van der Waals surface area (Å²) in [5, 5.41) is 9.99. The second-order valence-corrected chi connectivity index (χ2v) is 8.61. The van der Waals surface area contributed by atoms with Gasteiger partial charge in [0.2, 0.25) is 10.0 Å². The molecule has 8 heteroatoms. The molecule has 0 aliphatic rings. The zero-order valence-corrected chi connectivity index (χ0v) is 14.1. The molecule has 1 aromatic heterocycles. The first-order valence-corrected chi connectivity index (χ1v) is 9.04. The predicted octanol–water partition coefficient (Wildman–Crippen LogP) is 3.18. The molecule has 4 nitrogen and oxygen atoms in total. The van der Waals surface area contributed by atoms with Crippen molar-refractivity contribution in [2.24, 2.45) is 0 Å². The SMILES string of the molecule is O=S(=O)(NC[C@H](O)c1cccc(Br)c1)c1ccc(Cl)s1. The van der Waals surface area contributed by atoms with Gasteiger partial charge in [0.1, 0.15) is 4.21 Å². The molecule has 1 aromatic carbocycles. The van der Waals surface area contributed by atoms with Crippen molar-refractivity contribution in [1.29, 1.82) is 0 Å². The number of halogens is 2. The van der Waals surface area contributed by atoms with Crippen LogP contribution in [0, 0.1) is 0 Å². The van der Waals surface area contributed by atoms with Crippen molar-refractivity contribution in [2.75, 3.05) is 6.54 Å². The number of aliphatic hydroxyl groups excluding tert-OH is 1. The van der Waals surface area contributed by atoms with E-state index in [1.54, 1.807) is 18.2 Å². The van der Waals surface area contributed by atoms with Gasteiger partial charge in [0.25, 0.3) is 0 Å². The van der Waals surface area contributed by atoms with Crippen molar-refractivity contribution in [1.82, 2.24) is 4.72 Å². The standard InChI is InChI=1S/C12H11BrClNO3S2/c13-9-3-1-2-8(6-9)10(16)7-15-20(17,18)12-5-4-11(14)19-12/h1-6,10,15-16H,7H2/t10-/m0/s1. The van der Waals surface area contributed by atoms with E-state index in [-0.39, 0.29) is 10.8 Å². The van der Waals surface area contributed by atoms with Gasteiger partial charge in [-0.05, 0) is 29.8 Å². The van der Waals surface area contributed by atoms with Crippen LogP contribution >= 0.6 is 38.9 Å². The largest absolute Gasteiger partial charge is 0.387 e. The highest BCUT2D eigenvalue weighted by molar-refractivity contribution is 9.10. The first-order valence-electron chi connectivity index (χ1n) is 5.57. The van der Waals surface area contributed by atoms with Crippen molar-refractivity contribution in [2.45, 2.75) is 10.3 Å². The molecule has 2 rings (SSSR count). The van der Waals surface area contributed by atoms with E-state index in [4.69, 9.17) is 11.6 Å². The van der Waals surface area contributed by atoms with Crippen molar-refractivity contribution in [3.63, 3.8) is 0 Å². The number of hydrogen-bond acceptors (Lipinski definition) is 4. The Bertz CT molecular complexity index is 702. The first kappa shape index (κ1) is 15.9. The summed E-state index contributed by atoms with van der Waals surface area (Å²) >= 11 is 9.98. The minimum atomic E-state index is -3.64. The lowest BCUT2D eigenvalue weighted by atomic mass is 10.1. The number of sulfonamides is 1. The Morgan fingerprint density at radius 2 is 2.10 bits per heavy atom. The van der Waals surface area contributed by atoms with Gasteiger partial charge in [0.15, 0.2) is 0 Å². The lowest BCUT2D eigenvalue weighted by Gasteiger charge is -2.12. The summed E-state index contributed by atoms with van der Waals surface area (Å²) in [6.45, 7) is -0.103. The summed E-state index contributed by atoms with van der Waals surface area (Å²) in [5.74, 6) is 0. The summed E-state index contributed by atoms with van der Waals surface area (Å²) in [7, 11) is -3.64. The quantitative estimate of drug-likeness (QED) is 0.816. The Morgan fingerprint density at radius 1 is 1.35 bits per heavy atom. The lowest BCUT2D eigenvalue weighted by molar-refractivity contribution is 0.182. The number of thiophene rings is 1. The molecule has 0 amide bonds. The summed E-state index contributed by atoms with van der Waals surface area (Å²) in [6.07, 6.45) is -0.919. The maximum Gasteiger partial charge on any atom is 0.250 e. The van der Waals surface area contributed by atoms with E-state index in [9.17, 15) is 13.5 Å². The number of hydrogen-bond donors (Lipinski definition) is 2. The molecular weight excluding hydrogens is 386 g/mol. The number of benzene rings is 1. The first-order chi connectivity index (χ1) is 9.38. The number of nitrogens with one attached hydrogen (secondary N) is 1. The fourth-order valence-electron chi connectivity index (χ4n) is 1.53. The normalized spacial score (nSPS) is 13.3. The van der Waals surface area contributed by atoms with Gasteiger partial charge in [-0.3, -0.25) is 0 Å². The molecule has 0 spiro atoms. The third kappa shape index (κ3) is 4.03. The van der Waals surface area contributed by atoms with Crippen LogP contribution in [0.5, 0.6) is 0 Å². The summed E-state index contributed by atoms with van der Waals surface area (Å²) < 4.78 is 27.7. The van der Waals surface area contributed by atoms with E-state index < -0.39 is 16.1 Å². The van der Waals surface area contributed by atoms with Gasteiger partial charge < -0.3 is 5.11 Å². The van der Waals surface area contributed by atoms with Crippen LogP contribution in [0.25, 0.3) is 0 Å². The Morgan fingerprint density at radius 3 is 2.70 bits per heavy atom. The summed E-state index contributed by atoms with van der Waals surface area (Å²) in [4.78, 5) is 0. The molecule has 108 valence electrons. The van der Waals surface area contributed by atoms with E-state index in [1.807, 2.05) is 6.07 Å². The highest BCUT2D eigenvalue weighted by Crippen LogP contribution is 2.25. The van der Waals surface area contributed by atoms with Crippen LogP contribution in [-0.2, 0) is 10.0 Å². The molecule has 1 atom stereocenters. The van der Waals surface area contributed by atoms with E-state index in [0.29, 0.717) is 9.90 Å². The molecule has 20 heavy (non-hydrogen) atoms. The minimum absolute atomic E-state index is 0.103. The zero-order chi connectivity index (χ0) is 14.8. The van der Waals surface area contributed by atoms with Crippen LogP contribution in [0.1, 0.15) is 11.7 Å². The summed E-state index contributed by atoms with van der Waals surface area (Å²) in [6, 6.07) is 10.0. The fraction of sp³-hybridized carbons (Fsp3) is 0.167. The molecule has 0 bridgehead atoms. The van der Waals surface area contributed by atoms with Gasteiger partial charge in [0, 0.05) is 11.0 Å². The van der Waals surface area contributed by atoms with Gasteiger partial charge in [-0.25, -0.2) is 13.1 Å². The molecule has 2 aromatic rings. The van der Waals surface area contributed by atoms with Crippen LogP contribution in [0.15, 0.2) is 45.1 Å². The molecule has 0 fully saturated rings. The Labute approximate surface area is 134 Å². The van der Waals surface area contributed by atoms with Crippen LogP contribution < -0.4 is 4.72 Å². The molecule has 0 aliphatic heterocycles. The molecule has 1 heterocycles. The van der Waals surface area contributed by atoms with Crippen LogP contribution in [-0.4, -0.2) is 20.1 Å². The Hall–Kier alpha value is -0.440. The fourth-order valence-corrected chi connectivity index (χ4v) is 4.52. The van der Waals surface area contributed by atoms with Crippen LogP contribution in [0.2, 0.25) is 4.34 Å². The molecule has 0 saturated heterocycles. The maximum atomic E-state index is 12.0. The van der Waals surface area contributed by atoms with Crippen LogP contribution in [0.4, 0.5) is 0 Å². The average Bonchev–Trinajstić information content (AvgIpc) is 2.83. The molecule has 0 radical (unpaired) electrons. The van der Waals surface area contributed by atoms with E-state index in [2.05, 4.69) is 20.7 Å². The molecule has 0 aliphatic carbocycles. The molecule has 0 saturated carbocycles. The van der Waals surface area contributed by atoms with E-state index in [1.165, 1.54) is 12.1 Å². The number of aliphatic hydroxyl groups is 1. The van der Waals surface area contributed by atoms with Crippen molar-refractivity contribution >= 4 is 48.9 Å². The third-order valence-electron chi connectivity index (χ3n) is 2.51. The topological polar surface area (TPSA) is 66.4 Å². The highest BCUT2D eigenvalue weighted by Gasteiger charge is 2.18. The zero-order valence-electron chi connectivity index (χ0n) is 10.1. The predicted molar refractivity (Wildman–Crippen MR) is 83.6 cm³/mol. The van der Waals surface area contributed by atoms with Crippen molar-refractivity contribution < 1.29 is 13.5 Å². The van der Waals surface area contributed by atoms with Gasteiger partial charge in [-0.2, -0.15) is 0 Å². The smallest absolute Gasteiger partial charge is 0.250 e. The molecule has 2 N–H and O–H groups in total. The average molecular weight is 397 g/mol. The Kier molecular flexibility index (Phi) is 5.22. The second kappa shape index (κ2) is 6.55. The lowest BCUT2D eigenvalue weighted by Crippen LogP contribution is -2.28. The molecule has 0 unspecified atom stereocenters. The third-order valence-corrected chi connectivity index (χ3v) is 6.15. The maximum absolute atomic E-state index is 12.0. The van der Waals surface area contributed by atoms with E-state index in [0.717, 1.165) is 15.8 Å². The van der Waals surface area contributed by atoms with E-state index >= 15 is 0 Å². The minimum Gasteiger partial charge on any atom is -0.387 e. The second-order valence-electron chi connectivity index (χ2n) is 3.98. The van der Waals surface area contributed by atoms with Crippen molar-refractivity contribution in [3.05, 3.63) is 50.8 Å². The van der Waals surface area contributed by atoms with Gasteiger partial charge in [-0.1, -0.05) is 39.7 Å². The number of rotatable bonds is 5.